The second kappa shape index (κ2) is 7.22. The van der Waals surface area contributed by atoms with Gasteiger partial charge in [-0.15, -0.1) is 0 Å². The fourth-order valence-corrected chi connectivity index (χ4v) is 4.21. The molecule has 2 aromatic rings. The zero-order chi connectivity index (χ0) is 19.7. The van der Waals surface area contributed by atoms with Crippen molar-refractivity contribution in [1.29, 1.82) is 0 Å². The van der Waals surface area contributed by atoms with Crippen LogP contribution in [-0.4, -0.2) is 47.9 Å². The van der Waals surface area contributed by atoms with E-state index in [1.807, 2.05) is 15.9 Å². The summed E-state index contributed by atoms with van der Waals surface area (Å²) in [6.07, 6.45) is 4.11. The molecule has 6 nitrogen and oxygen atoms in total. The number of halogens is 1. The number of nitrogens with two attached hydrogens (primary N) is 1. The number of rotatable bonds is 4. The Kier molecular flexibility index (Phi) is 4.75. The average molecular weight is 382 g/mol. The molecule has 1 aromatic carbocycles. The highest BCUT2D eigenvalue weighted by Crippen LogP contribution is 2.45. The van der Waals surface area contributed by atoms with Gasteiger partial charge in [0.1, 0.15) is 11.6 Å². The van der Waals surface area contributed by atoms with Crippen molar-refractivity contribution in [3.63, 3.8) is 0 Å². The molecule has 2 aliphatic rings. The van der Waals surface area contributed by atoms with Gasteiger partial charge in [0.25, 0.3) is 5.91 Å². The lowest BCUT2D eigenvalue weighted by molar-refractivity contribution is -0.141. The summed E-state index contributed by atoms with van der Waals surface area (Å²) in [5, 5.41) is 0. The lowest BCUT2D eigenvalue weighted by Crippen LogP contribution is -2.57. The molecule has 1 aromatic heterocycles. The summed E-state index contributed by atoms with van der Waals surface area (Å²) in [5.41, 5.74) is 6.01. The summed E-state index contributed by atoms with van der Waals surface area (Å²) in [5.74, 6) is -0.192. The van der Waals surface area contributed by atoms with Gasteiger partial charge in [0.15, 0.2) is 0 Å². The fourth-order valence-electron chi connectivity index (χ4n) is 4.21. The second-order valence-corrected chi connectivity index (χ2v) is 7.46. The van der Waals surface area contributed by atoms with Crippen molar-refractivity contribution >= 4 is 17.6 Å². The van der Waals surface area contributed by atoms with Crippen LogP contribution in [0.4, 0.5) is 10.2 Å². The molecular formula is C21H23FN4O2. The standard InChI is InChI=1S/C21H23FN4O2/c22-16-5-1-4-15(14-16)21(7-3-8-21)20(28)26-12-10-25(11-13-26)19-17(18(23)27)6-2-9-24-19/h1-2,4-6,9,14H,3,7-8,10-13H2,(H2,23,27). The van der Waals surface area contributed by atoms with Gasteiger partial charge in [-0.25, -0.2) is 9.37 Å². The number of piperazine rings is 1. The molecule has 2 amide bonds. The van der Waals surface area contributed by atoms with Crippen LogP contribution < -0.4 is 10.6 Å². The van der Waals surface area contributed by atoms with E-state index in [2.05, 4.69) is 4.98 Å². The predicted molar refractivity (Wildman–Crippen MR) is 103 cm³/mol. The number of pyridine rings is 1. The van der Waals surface area contributed by atoms with Crippen molar-refractivity contribution in [2.45, 2.75) is 24.7 Å². The number of primary amides is 1. The van der Waals surface area contributed by atoms with Crippen LogP contribution in [0.3, 0.4) is 0 Å². The van der Waals surface area contributed by atoms with Crippen LogP contribution in [0.15, 0.2) is 42.6 Å². The van der Waals surface area contributed by atoms with E-state index < -0.39 is 11.3 Å². The van der Waals surface area contributed by atoms with Gasteiger partial charge < -0.3 is 15.5 Å². The molecule has 4 rings (SSSR count). The summed E-state index contributed by atoms with van der Waals surface area (Å²) < 4.78 is 13.7. The third-order valence-electron chi connectivity index (χ3n) is 5.91. The highest BCUT2D eigenvalue weighted by atomic mass is 19.1. The number of hydrogen-bond acceptors (Lipinski definition) is 4. The molecule has 1 aliphatic heterocycles. The summed E-state index contributed by atoms with van der Waals surface area (Å²) in [4.78, 5) is 33.1. The van der Waals surface area contributed by atoms with Crippen molar-refractivity contribution in [1.82, 2.24) is 9.88 Å². The third kappa shape index (κ3) is 3.10. The van der Waals surface area contributed by atoms with E-state index in [4.69, 9.17) is 5.73 Å². The Balaban J connectivity index is 1.49. The molecule has 2 heterocycles. The number of benzene rings is 1. The molecule has 0 spiro atoms. The Morgan fingerprint density at radius 2 is 1.82 bits per heavy atom. The summed E-state index contributed by atoms with van der Waals surface area (Å²) in [6, 6.07) is 9.76. The third-order valence-corrected chi connectivity index (χ3v) is 5.91. The number of nitrogens with zero attached hydrogens (tertiary/aromatic N) is 3. The molecule has 2 fully saturated rings. The zero-order valence-corrected chi connectivity index (χ0v) is 15.6. The number of carbonyl (C=O) groups excluding carboxylic acids is 2. The first-order chi connectivity index (χ1) is 13.5. The normalized spacial score (nSPS) is 18.5. The van der Waals surface area contributed by atoms with E-state index in [-0.39, 0.29) is 11.7 Å². The minimum Gasteiger partial charge on any atom is -0.365 e. The van der Waals surface area contributed by atoms with Crippen LogP contribution in [0, 0.1) is 5.82 Å². The Morgan fingerprint density at radius 1 is 1.07 bits per heavy atom. The average Bonchev–Trinajstić information content (AvgIpc) is 2.67. The monoisotopic (exact) mass is 382 g/mol. The summed E-state index contributed by atoms with van der Waals surface area (Å²) in [7, 11) is 0. The van der Waals surface area contributed by atoms with Crippen LogP contribution in [0.25, 0.3) is 0 Å². The first kappa shape index (κ1) is 18.4. The van der Waals surface area contributed by atoms with Crippen molar-refractivity contribution in [3.8, 4) is 0 Å². The predicted octanol–water partition coefficient (Wildman–Crippen LogP) is 2.09. The minimum atomic E-state index is -0.604. The van der Waals surface area contributed by atoms with Gasteiger partial charge in [-0.3, -0.25) is 9.59 Å². The largest absolute Gasteiger partial charge is 0.365 e. The Bertz CT molecular complexity index is 905. The maximum atomic E-state index is 13.7. The summed E-state index contributed by atoms with van der Waals surface area (Å²) >= 11 is 0. The highest BCUT2D eigenvalue weighted by Gasteiger charge is 2.48. The van der Waals surface area contributed by atoms with E-state index in [0.29, 0.717) is 37.6 Å². The molecule has 1 saturated heterocycles. The maximum Gasteiger partial charge on any atom is 0.252 e. The maximum absolute atomic E-state index is 13.7. The molecule has 0 radical (unpaired) electrons. The molecular weight excluding hydrogens is 359 g/mol. The molecule has 0 unspecified atom stereocenters. The topological polar surface area (TPSA) is 79.5 Å². The Labute approximate surface area is 163 Å². The first-order valence-corrected chi connectivity index (χ1v) is 9.56. The molecule has 1 aliphatic carbocycles. The van der Waals surface area contributed by atoms with Crippen molar-refractivity contribution in [2.24, 2.45) is 5.73 Å². The van der Waals surface area contributed by atoms with Gasteiger partial charge in [-0.1, -0.05) is 18.6 Å². The van der Waals surface area contributed by atoms with E-state index in [1.165, 1.54) is 12.1 Å². The SMILES string of the molecule is NC(=O)c1cccnc1N1CCN(C(=O)C2(c3cccc(F)c3)CCC2)CC1. The minimum absolute atomic E-state index is 0.0696. The Morgan fingerprint density at radius 3 is 2.43 bits per heavy atom. The van der Waals surface area contributed by atoms with E-state index in [1.54, 1.807) is 24.4 Å². The molecule has 1 saturated carbocycles. The first-order valence-electron chi connectivity index (χ1n) is 9.56. The van der Waals surface area contributed by atoms with Crippen LogP contribution in [0.2, 0.25) is 0 Å². The van der Waals surface area contributed by atoms with Crippen molar-refractivity contribution in [3.05, 3.63) is 59.5 Å². The van der Waals surface area contributed by atoms with Gasteiger partial charge in [0, 0.05) is 32.4 Å². The van der Waals surface area contributed by atoms with Crippen LogP contribution >= 0.6 is 0 Å². The number of hydrogen-bond donors (Lipinski definition) is 1. The molecule has 146 valence electrons. The van der Waals surface area contributed by atoms with Crippen LogP contribution in [0.1, 0.15) is 35.2 Å². The van der Waals surface area contributed by atoms with E-state index in [0.717, 1.165) is 24.8 Å². The van der Waals surface area contributed by atoms with E-state index >= 15 is 0 Å². The quantitative estimate of drug-likeness (QED) is 0.878. The van der Waals surface area contributed by atoms with Crippen molar-refractivity contribution < 1.29 is 14.0 Å². The van der Waals surface area contributed by atoms with Gasteiger partial charge >= 0.3 is 0 Å². The van der Waals surface area contributed by atoms with E-state index in [9.17, 15) is 14.0 Å². The number of carbonyl (C=O) groups is 2. The number of anilines is 1. The molecule has 7 heteroatoms. The van der Waals surface area contributed by atoms with Gasteiger partial charge in [0.2, 0.25) is 5.91 Å². The van der Waals surface area contributed by atoms with Crippen molar-refractivity contribution in [2.75, 3.05) is 31.1 Å². The number of amides is 2. The summed E-state index contributed by atoms with van der Waals surface area (Å²) in [6.45, 7) is 2.21. The highest BCUT2D eigenvalue weighted by molar-refractivity contribution is 5.97. The second-order valence-electron chi connectivity index (χ2n) is 7.46. The van der Waals surface area contributed by atoms with Crippen LogP contribution in [0.5, 0.6) is 0 Å². The smallest absolute Gasteiger partial charge is 0.252 e. The molecule has 0 atom stereocenters. The van der Waals surface area contributed by atoms with Crippen LogP contribution in [-0.2, 0) is 10.2 Å². The number of aromatic nitrogens is 1. The lowest BCUT2D eigenvalue weighted by Gasteiger charge is -2.46. The van der Waals surface area contributed by atoms with Gasteiger partial charge in [-0.05, 0) is 42.7 Å². The molecule has 0 bridgehead atoms. The molecule has 28 heavy (non-hydrogen) atoms. The van der Waals surface area contributed by atoms with Gasteiger partial charge in [0.05, 0.1) is 11.0 Å². The zero-order valence-electron chi connectivity index (χ0n) is 15.6. The fraction of sp³-hybridized carbons (Fsp3) is 0.381. The molecule has 2 N–H and O–H groups in total. The van der Waals surface area contributed by atoms with Gasteiger partial charge in [-0.2, -0.15) is 0 Å². The Hall–Kier alpha value is -2.96. The lowest BCUT2D eigenvalue weighted by atomic mass is 9.63.